The van der Waals surface area contributed by atoms with Crippen LogP contribution >= 0.6 is 11.6 Å². The molecule has 0 aliphatic carbocycles. The molecule has 0 saturated carbocycles. The first-order valence-electron chi connectivity index (χ1n) is 5.50. The molecule has 0 aliphatic heterocycles. The van der Waals surface area contributed by atoms with Crippen molar-refractivity contribution in [3.63, 3.8) is 0 Å². The third kappa shape index (κ3) is 2.57. The van der Waals surface area contributed by atoms with E-state index in [-0.39, 0.29) is 27.4 Å². The Kier molecular flexibility index (Phi) is 3.91. The van der Waals surface area contributed by atoms with Crippen LogP contribution < -0.4 is 0 Å². The quantitative estimate of drug-likeness (QED) is 0.492. The lowest BCUT2D eigenvalue weighted by Gasteiger charge is -2.05. The fraction of sp³-hybridized carbons (Fsp3) is 0. The van der Waals surface area contributed by atoms with Crippen molar-refractivity contribution in [2.75, 3.05) is 0 Å². The van der Waals surface area contributed by atoms with E-state index in [1.165, 1.54) is 42.5 Å². The van der Waals surface area contributed by atoms with E-state index in [0.29, 0.717) is 0 Å². The number of benzene rings is 2. The summed E-state index contributed by atoms with van der Waals surface area (Å²) in [4.78, 5) is 32.9. The molecule has 0 atom stereocenters. The van der Waals surface area contributed by atoms with Crippen molar-refractivity contribution < 1.29 is 14.5 Å². The highest BCUT2D eigenvalue weighted by molar-refractivity contribution is 6.37. The molecule has 0 fully saturated rings. The number of carbonyl (C=O) groups excluding carboxylic acids is 2. The number of rotatable bonds is 4. The Morgan fingerprint density at radius 3 is 2.35 bits per heavy atom. The van der Waals surface area contributed by atoms with Gasteiger partial charge in [0.25, 0.3) is 5.69 Å². The van der Waals surface area contributed by atoms with Crippen LogP contribution in [0.25, 0.3) is 0 Å². The minimum Gasteiger partial charge on any atom is -0.289 e. The second-order valence-electron chi connectivity index (χ2n) is 3.90. The zero-order valence-corrected chi connectivity index (χ0v) is 10.8. The number of hydrogen-bond acceptors (Lipinski definition) is 4. The Hall–Kier alpha value is -2.53. The van der Waals surface area contributed by atoms with Crippen LogP contribution in [0.5, 0.6) is 0 Å². The molecule has 0 heterocycles. The van der Waals surface area contributed by atoms with Gasteiger partial charge in [-0.2, -0.15) is 0 Å². The van der Waals surface area contributed by atoms with E-state index in [4.69, 9.17) is 11.6 Å². The van der Waals surface area contributed by atoms with Crippen molar-refractivity contribution >= 4 is 29.4 Å². The highest BCUT2D eigenvalue weighted by Crippen LogP contribution is 2.23. The third-order valence-electron chi connectivity index (χ3n) is 2.69. The van der Waals surface area contributed by atoms with E-state index in [1.807, 2.05) is 0 Å². The summed E-state index contributed by atoms with van der Waals surface area (Å²) in [5, 5.41) is 10.6. The first-order chi connectivity index (χ1) is 9.54. The predicted molar refractivity (Wildman–Crippen MR) is 72.8 cm³/mol. The van der Waals surface area contributed by atoms with Crippen LogP contribution in [0.3, 0.4) is 0 Å². The minimum absolute atomic E-state index is 0.0193. The molecule has 0 saturated heterocycles. The Balaban J connectivity index is 2.41. The summed E-state index contributed by atoms with van der Waals surface area (Å²) in [5.41, 5.74) is 0.393. The molecule has 0 unspecified atom stereocenters. The summed E-state index contributed by atoms with van der Waals surface area (Å²) in [5.74, 6) is -0.415. The number of halogens is 1. The van der Waals surface area contributed by atoms with Gasteiger partial charge in [0.1, 0.15) is 0 Å². The molecule has 0 amide bonds. The van der Waals surface area contributed by atoms with Gasteiger partial charge >= 0.3 is 0 Å². The Labute approximate surface area is 118 Å². The molecular formula is C14H7ClNO4. The number of hydrogen-bond donors (Lipinski definition) is 0. The summed E-state index contributed by atoms with van der Waals surface area (Å²) >= 11 is 5.94. The molecular weight excluding hydrogens is 282 g/mol. The highest BCUT2D eigenvalue weighted by atomic mass is 35.5. The van der Waals surface area contributed by atoms with Crippen molar-refractivity contribution in [2.24, 2.45) is 0 Å². The Bertz CT molecular complexity index is 695. The number of non-ortho nitro benzene ring substituents is 1. The number of carbonyl (C=O) groups is 1. The lowest BCUT2D eigenvalue weighted by Crippen LogP contribution is -2.03. The van der Waals surface area contributed by atoms with Crippen LogP contribution in [0.2, 0.25) is 5.02 Å². The smallest absolute Gasteiger partial charge is 0.269 e. The zero-order valence-electron chi connectivity index (χ0n) is 10.00. The number of ketones is 1. The molecule has 99 valence electrons. The van der Waals surface area contributed by atoms with E-state index in [9.17, 15) is 19.7 Å². The summed E-state index contributed by atoms with van der Waals surface area (Å²) < 4.78 is 0. The summed E-state index contributed by atoms with van der Waals surface area (Å²) in [6, 6.07) is 9.59. The molecule has 0 aliphatic rings. The predicted octanol–water partition coefficient (Wildman–Crippen LogP) is 2.94. The molecule has 6 heteroatoms. The lowest BCUT2D eigenvalue weighted by molar-refractivity contribution is -0.384. The van der Waals surface area contributed by atoms with Crippen molar-refractivity contribution in [3.05, 3.63) is 74.3 Å². The first kappa shape index (κ1) is 13.9. The average Bonchev–Trinajstić information content (AvgIpc) is 2.47. The van der Waals surface area contributed by atoms with E-state index in [0.717, 1.165) is 0 Å². The second kappa shape index (κ2) is 5.63. The van der Waals surface area contributed by atoms with Gasteiger partial charge in [0.2, 0.25) is 6.29 Å². The molecule has 0 N–H and O–H groups in total. The van der Waals surface area contributed by atoms with Gasteiger partial charge in [-0.15, -0.1) is 0 Å². The van der Waals surface area contributed by atoms with Crippen molar-refractivity contribution in [1.82, 2.24) is 0 Å². The average molecular weight is 289 g/mol. The van der Waals surface area contributed by atoms with Gasteiger partial charge in [0.05, 0.1) is 9.95 Å². The fourth-order valence-electron chi connectivity index (χ4n) is 1.68. The summed E-state index contributed by atoms with van der Waals surface area (Å²) in [7, 11) is 0. The normalized spacial score (nSPS) is 10.1. The molecule has 2 aromatic rings. The molecule has 0 bridgehead atoms. The van der Waals surface area contributed by atoms with Crippen molar-refractivity contribution in [3.8, 4) is 0 Å². The van der Waals surface area contributed by atoms with Gasteiger partial charge in [0.15, 0.2) is 5.78 Å². The van der Waals surface area contributed by atoms with Gasteiger partial charge in [-0.3, -0.25) is 19.7 Å². The van der Waals surface area contributed by atoms with E-state index >= 15 is 0 Å². The topological polar surface area (TPSA) is 77.3 Å². The van der Waals surface area contributed by atoms with Crippen molar-refractivity contribution in [1.29, 1.82) is 0 Å². The van der Waals surface area contributed by atoms with Gasteiger partial charge in [0, 0.05) is 28.8 Å². The van der Waals surface area contributed by atoms with Gasteiger partial charge in [-0.05, 0) is 24.3 Å². The second-order valence-corrected chi connectivity index (χ2v) is 4.28. The van der Waals surface area contributed by atoms with Crippen LogP contribution in [0.15, 0.2) is 42.5 Å². The molecule has 2 rings (SSSR count). The number of nitrogens with zero attached hydrogens (tertiary/aromatic N) is 1. The first-order valence-corrected chi connectivity index (χ1v) is 5.88. The summed E-state index contributed by atoms with van der Waals surface area (Å²) in [6.07, 6.45) is 1.64. The van der Waals surface area contributed by atoms with Gasteiger partial charge in [-0.1, -0.05) is 17.7 Å². The van der Waals surface area contributed by atoms with E-state index in [1.54, 1.807) is 6.29 Å². The fourth-order valence-corrected chi connectivity index (χ4v) is 1.93. The zero-order chi connectivity index (χ0) is 14.7. The largest absolute Gasteiger partial charge is 0.289 e. The monoisotopic (exact) mass is 288 g/mol. The maximum Gasteiger partial charge on any atom is 0.269 e. The molecule has 20 heavy (non-hydrogen) atoms. The lowest BCUT2D eigenvalue weighted by atomic mass is 10.0. The van der Waals surface area contributed by atoms with Crippen molar-refractivity contribution in [2.45, 2.75) is 0 Å². The number of nitro benzene ring substituents is 1. The Morgan fingerprint density at radius 2 is 1.80 bits per heavy atom. The molecule has 2 aromatic carbocycles. The SMILES string of the molecule is O=[C]c1cccc(C(=O)c2ccc([N+](=O)[O-])cc2)c1Cl. The van der Waals surface area contributed by atoms with Gasteiger partial charge in [-0.25, -0.2) is 0 Å². The molecule has 0 spiro atoms. The Morgan fingerprint density at radius 1 is 1.15 bits per heavy atom. The number of nitro groups is 1. The molecule has 0 aromatic heterocycles. The van der Waals surface area contributed by atoms with E-state index < -0.39 is 10.7 Å². The molecule has 1 radical (unpaired) electrons. The minimum atomic E-state index is -0.552. The summed E-state index contributed by atoms with van der Waals surface area (Å²) in [6.45, 7) is 0. The van der Waals surface area contributed by atoms with Crippen LogP contribution in [0.4, 0.5) is 5.69 Å². The van der Waals surface area contributed by atoms with Crippen LogP contribution in [0, 0.1) is 10.1 Å². The maximum atomic E-state index is 12.2. The van der Waals surface area contributed by atoms with Gasteiger partial charge < -0.3 is 0 Å². The van der Waals surface area contributed by atoms with Crippen LogP contribution in [-0.2, 0) is 4.79 Å². The van der Waals surface area contributed by atoms with E-state index in [2.05, 4.69) is 0 Å². The highest BCUT2D eigenvalue weighted by Gasteiger charge is 2.16. The van der Waals surface area contributed by atoms with Crippen LogP contribution in [-0.4, -0.2) is 17.0 Å². The standard InChI is InChI=1S/C14H7ClNO4/c15-13-10(8-17)2-1-3-12(13)14(18)9-4-6-11(7-5-9)16(19)20/h1-7H. The third-order valence-corrected chi connectivity index (χ3v) is 3.10. The molecule has 5 nitrogen and oxygen atoms in total. The van der Waals surface area contributed by atoms with Crippen LogP contribution in [0.1, 0.15) is 21.5 Å². The maximum absolute atomic E-state index is 12.2.